The Bertz CT molecular complexity index is 547. The van der Waals surface area contributed by atoms with E-state index in [0.29, 0.717) is 18.7 Å². The third-order valence-corrected chi connectivity index (χ3v) is 3.19. The van der Waals surface area contributed by atoms with Gasteiger partial charge in [0.2, 0.25) is 5.91 Å². The van der Waals surface area contributed by atoms with Crippen LogP contribution in [0.1, 0.15) is 26.3 Å². The summed E-state index contributed by atoms with van der Waals surface area (Å²) in [5, 5.41) is 5.62. The third-order valence-electron chi connectivity index (χ3n) is 3.19. The lowest BCUT2D eigenvalue weighted by Gasteiger charge is -2.19. The molecule has 0 saturated heterocycles. The van der Waals surface area contributed by atoms with E-state index in [2.05, 4.69) is 31.4 Å². The van der Waals surface area contributed by atoms with Crippen molar-refractivity contribution in [2.75, 3.05) is 23.8 Å². The molecule has 108 valence electrons. The van der Waals surface area contributed by atoms with Crippen molar-refractivity contribution in [1.29, 1.82) is 0 Å². The number of likely N-dealkylation sites (N-methyl/N-ethyl adjacent to an activating group) is 1. The van der Waals surface area contributed by atoms with Crippen LogP contribution in [0, 0.1) is 5.41 Å². The first-order valence-electron chi connectivity index (χ1n) is 6.70. The van der Waals surface area contributed by atoms with E-state index < -0.39 is 0 Å². The predicted molar refractivity (Wildman–Crippen MR) is 80.0 cm³/mol. The van der Waals surface area contributed by atoms with Crippen LogP contribution in [0.5, 0.6) is 0 Å². The predicted octanol–water partition coefficient (Wildman–Crippen LogP) is 2.37. The zero-order valence-electron chi connectivity index (χ0n) is 12.4. The molecule has 1 aliphatic heterocycles. The van der Waals surface area contributed by atoms with E-state index in [-0.39, 0.29) is 17.4 Å². The highest BCUT2D eigenvalue weighted by atomic mass is 16.2. The van der Waals surface area contributed by atoms with E-state index in [1.54, 1.807) is 11.9 Å². The fourth-order valence-corrected chi connectivity index (χ4v) is 2.07. The van der Waals surface area contributed by atoms with Crippen LogP contribution in [0.25, 0.3) is 0 Å². The number of fused-ring (bicyclic) bond motifs is 1. The molecule has 5 nitrogen and oxygen atoms in total. The van der Waals surface area contributed by atoms with Crippen LogP contribution in [0.15, 0.2) is 18.2 Å². The summed E-state index contributed by atoms with van der Waals surface area (Å²) in [5.74, 6) is 0.0781. The molecule has 0 atom stereocenters. The van der Waals surface area contributed by atoms with Crippen molar-refractivity contribution in [3.8, 4) is 0 Å². The first-order chi connectivity index (χ1) is 9.26. The lowest BCUT2D eigenvalue weighted by molar-refractivity contribution is -0.117. The van der Waals surface area contributed by atoms with Gasteiger partial charge < -0.3 is 15.5 Å². The van der Waals surface area contributed by atoms with Gasteiger partial charge in [-0.1, -0.05) is 20.8 Å². The molecule has 1 aromatic rings. The second kappa shape index (κ2) is 5.15. The molecule has 2 N–H and O–H groups in total. The summed E-state index contributed by atoms with van der Waals surface area (Å²) < 4.78 is 0. The number of benzene rings is 1. The summed E-state index contributed by atoms with van der Waals surface area (Å²) in [4.78, 5) is 25.0. The molecule has 0 saturated carbocycles. The Labute approximate surface area is 119 Å². The molecule has 1 aliphatic rings. The molecule has 0 aliphatic carbocycles. The van der Waals surface area contributed by atoms with Gasteiger partial charge in [-0.2, -0.15) is 0 Å². The Kier molecular flexibility index (Phi) is 3.70. The van der Waals surface area contributed by atoms with Gasteiger partial charge in [-0.05, 0) is 29.2 Å². The summed E-state index contributed by atoms with van der Waals surface area (Å²) in [6, 6.07) is 5.30. The van der Waals surface area contributed by atoms with Gasteiger partial charge in [-0.15, -0.1) is 0 Å². The number of nitrogens with one attached hydrogen (secondary N) is 2. The average molecular weight is 275 g/mol. The number of carbonyl (C=O) groups excluding carboxylic acids is 2. The van der Waals surface area contributed by atoms with E-state index in [1.807, 2.05) is 18.2 Å². The summed E-state index contributed by atoms with van der Waals surface area (Å²) in [6.45, 7) is 6.78. The van der Waals surface area contributed by atoms with Crippen molar-refractivity contribution in [1.82, 2.24) is 5.32 Å². The SMILES string of the molecule is CN1C(=O)Cc2cc(NC(=O)NCC(C)(C)C)ccc21. The Morgan fingerprint density at radius 1 is 1.35 bits per heavy atom. The molecule has 3 amide bonds. The van der Waals surface area contributed by atoms with Gasteiger partial charge in [-0.3, -0.25) is 4.79 Å². The fraction of sp³-hybridized carbons (Fsp3) is 0.467. The molecule has 0 aromatic heterocycles. The fourth-order valence-electron chi connectivity index (χ4n) is 2.07. The minimum Gasteiger partial charge on any atom is -0.337 e. The van der Waals surface area contributed by atoms with Crippen LogP contribution in [-0.2, 0) is 11.2 Å². The van der Waals surface area contributed by atoms with Crippen molar-refractivity contribution in [3.63, 3.8) is 0 Å². The highest BCUT2D eigenvalue weighted by Crippen LogP contribution is 2.29. The molecule has 5 heteroatoms. The lowest BCUT2D eigenvalue weighted by Crippen LogP contribution is -2.35. The van der Waals surface area contributed by atoms with E-state index in [4.69, 9.17) is 0 Å². The third kappa shape index (κ3) is 3.29. The highest BCUT2D eigenvalue weighted by molar-refractivity contribution is 6.01. The van der Waals surface area contributed by atoms with Crippen molar-refractivity contribution < 1.29 is 9.59 Å². The van der Waals surface area contributed by atoms with Crippen LogP contribution < -0.4 is 15.5 Å². The van der Waals surface area contributed by atoms with Gasteiger partial charge in [0.25, 0.3) is 0 Å². The van der Waals surface area contributed by atoms with Crippen LogP contribution in [0.3, 0.4) is 0 Å². The molecular weight excluding hydrogens is 254 g/mol. The van der Waals surface area contributed by atoms with Gasteiger partial charge in [0.05, 0.1) is 6.42 Å². The van der Waals surface area contributed by atoms with Crippen molar-refractivity contribution >= 4 is 23.3 Å². The molecule has 0 spiro atoms. The van der Waals surface area contributed by atoms with Crippen LogP contribution in [0.2, 0.25) is 0 Å². The second-order valence-electron chi connectivity index (χ2n) is 6.34. The number of anilines is 2. The van der Waals surface area contributed by atoms with E-state index in [0.717, 1.165) is 11.3 Å². The highest BCUT2D eigenvalue weighted by Gasteiger charge is 2.24. The number of urea groups is 1. The van der Waals surface area contributed by atoms with Gasteiger partial charge in [0, 0.05) is 25.0 Å². The number of hydrogen-bond acceptors (Lipinski definition) is 2. The Hall–Kier alpha value is -2.04. The van der Waals surface area contributed by atoms with Gasteiger partial charge >= 0.3 is 6.03 Å². The second-order valence-corrected chi connectivity index (χ2v) is 6.34. The number of hydrogen-bond donors (Lipinski definition) is 2. The molecule has 0 unspecified atom stereocenters. The number of rotatable bonds is 2. The van der Waals surface area contributed by atoms with E-state index >= 15 is 0 Å². The van der Waals surface area contributed by atoms with Crippen molar-refractivity contribution in [3.05, 3.63) is 23.8 Å². The first kappa shape index (κ1) is 14.4. The maximum atomic E-state index is 11.8. The maximum absolute atomic E-state index is 11.8. The first-order valence-corrected chi connectivity index (χ1v) is 6.70. The zero-order valence-corrected chi connectivity index (χ0v) is 12.4. The number of nitrogens with zero attached hydrogens (tertiary/aromatic N) is 1. The van der Waals surface area contributed by atoms with Crippen LogP contribution in [-0.4, -0.2) is 25.5 Å². The molecule has 2 rings (SSSR count). The molecular formula is C15H21N3O2. The molecule has 20 heavy (non-hydrogen) atoms. The average Bonchev–Trinajstić information content (AvgIpc) is 2.61. The maximum Gasteiger partial charge on any atom is 0.319 e. The van der Waals surface area contributed by atoms with Crippen molar-refractivity contribution in [2.45, 2.75) is 27.2 Å². The normalized spacial score (nSPS) is 14.2. The largest absolute Gasteiger partial charge is 0.337 e. The molecule has 1 heterocycles. The Balaban J connectivity index is 2.00. The smallest absolute Gasteiger partial charge is 0.319 e. The summed E-state index contributed by atoms with van der Waals surface area (Å²) >= 11 is 0. The monoisotopic (exact) mass is 275 g/mol. The van der Waals surface area contributed by atoms with Crippen molar-refractivity contribution in [2.24, 2.45) is 5.41 Å². The standard InChI is InChI=1S/C15H21N3O2/c1-15(2,3)9-16-14(20)17-11-5-6-12-10(7-11)8-13(19)18(12)4/h5-7H,8-9H2,1-4H3,(H2,16,17,20). The molecule has 1 aromatic carbocycles. The topological polar surface area (TPSA) is 61.4 Å². The van der Waals surface area contributed by atoms with Gasteiger partial charge in [0.15, 0.2) is 0 Å². The van der Waals surface area contributed by atoms with Crippen LogP contribution in [0.4, 0.5) is 16.2 Å². The summed E-state index contributed by atoms with van der Waals surface area (Å²) in [6.07, 6.45) is 0.394. The zero-order chi connectivity index (χ0) is 14.9. The lowest BCUT2D eigenvalue weighted by atomic mass is 9.97. The van der Waals surface area contributed by atoms with Gasteiger partial charge in [0.1, 0.15) is 0 Å². The minimum atomic E-state index is -0.224. The quantitative estimate of drug-likeness (QED) is 0.870. The number of carbonyl (C=O) groups is 2. The Morgan fingerprint density at radius 3 is 2.70 bits per heavy atom. The van der Waals surface area contributed by atoms with E-state index in [9.17, 15) is 9.59 Å². The molecule has 0 bridgehead atoms. The van der Waals surface area contributed by atoms with Crippen LogP contribution >= 0.6 is 0 Å². The minimum absolute atomic E-state index is 0.0460. The molecule has 0 radical (unpaired) electrons. The summed E-state index contributed by atoms with van der Waals surface area (Å²) in [5.41, 5.74) is 2.62. The van der Waals surface area contributed by atoms with Gasteiger partial charge in [-0.25, -0.2) is 4.79 Å². The summed E-state index contributed by atoms with van der Waals surface area (Å²) in [7, 11) is 1.76. The van der Waals surface area contributed by atoms with E-state index in [1.165, 1.54) is 0 Å². The number of amides is 3. The molecule has 0 fully saturated rings. The Morgan fingerprint density at radius 2 is 2.05 bits per heavy atom.